The maximum absolute atomic E-state index is 13.6. The van der Waals surface area contributed by atoms with Crippen LogP contribution >= 0.6 is 11.3 Å². The average Bonchev–Trinajstić information content (AvgIpc) is 2.91. The van der Waals surface area contributed by atoms with Gasteiger partial charge in [0.25, 0.3) is 0 Å². The number of pyridine rings is 1. The second-order valence-corrected chi connectivity index (χ2v) is 6.28. The first-order valence-corrected chi connectivity index (χ1v) is 8.15. The Kier molecular flexibility index (Phi) is 4.90. The first-order chi connectivity index (χ1) is 12.0. The van der Waals surface area contributed by atoms with E-state index in [1.165, 1.54) is 18.3 Å². The van der Waals surface area contributed by atoms with E-state index in [2.05, 4.69) is 9.97 Å². The molecule has 128 valence electrons. The summed E-state index contributed by atoms with van der Waals surface area (Å²) < 4.78 is 19.0. The van der Waals surface area contributed by atoms with Crippen molar-refractivity contribution in [3.63, 3.8) is 0 Å². The van der Waals surface area contributed by atoms with Crippen molar-refractivity contribution in [2.45, 2.75) is 6.42 Å². The maximum atomic E-state index is 13.6. The fourth-order valence-electron chi connectivity index (χ4n) is 2.19. The number of aromatic amines is 1. The number of rotatable bonds is 6. The maximum Gasteiger partial charge on any atom is 0.307 e. The normalized spacial score (nSPS) is 10.6. The van der Waals surface area contributed by atoms with E-state index in [1.807, 2.05) is 0 Å². The number of H-pyrrole nitrogens is 1. The van der Waals surface area contributed by atoms with Crippen LogP contribution in [0.3, 0.4) is 0 Å². The van der Waals surface area contributed by atoms with Crippen LogP contribution in [0, 0.1) is 11.2 Å². The number of hydrogen-bond donors (Lipinski definition) is 3. The van der Waals surface area contributed by atoms with E-state index < -0.39 is 5.82 Å². The van der Waals surface area contributed by atoms with Gasteiger partial charge in [-0.3, -0.25) is 20.2 Å². The lowest BCUT2D eigenvalue weighted by Crippen LogP contribution is -2.14. The zero-order valence-electron chi connectivity index (χ0n) is 13.0. The minimum Gasteiger partial charge on any atom is -0.494 e. The molecule has 0 bridgehead atoms. The van der Waals surface area contributed by atoms with Gasteiger partial charge in [0.1, 0.15) is 18.1 Å². The molecule has 0 aliphatic rings. The lowest BCUT2D eigenvalue weighted by molar-refractivity contribution is 0.375. The molecule has 0 aliphatic carbocycles. The highest BCUT2D eigenvalue weighted by Gasteiger charge is 2.10. The van der Waals surface area contributed by atoms with Crippen LogP contribution in [0.25, 0.3) is 0 Å². The Balaban J connectivity index is 1.61. The zero-order chi connectivity index (χ0) is 17.8. The summed E-state index contributed by atoms with van der Waals surface area (Å²) in [6.07, 6.45) is 1.84. The predicted octanol–water partition coefficient (Wildman–Crippen LogP) is 2.71. The quantitative estimate of drug-likeness (QED) is 0.589. The number of benzene rings is 1. The Morgan fingerprint density at radius 1 is 1.32 bits per heavy atom. The number of aromatic nitrogens is 2. The summed E-state index contributed by atoms with van der Waals surface area (Å²) in [7, 11) is 0. The molecule has 0 unspecified atom stereocenters. The van der Waals surface area contributed by atoms with Gasteiger partial charge in [0.15, 0.2) is 5.82 Å². The molecule has 3 aromatic rings. The molecule has 0 saturated carbocycles. The molecule has 25 heavy (non-hydrogen) atoms. The van der Waals surface area contributed by atoms with E-state index in [1.54, 1.807) is 24.3 Å². The van der Waals surface area contributed by atoms with Gasteiger partial charge >= 0.3 is 4.87 Å². The Hall–Kier alpha value is -3.00. The molecule has 3 rings (SSSR count). The van der Waals surface area contributed by atoms with Crippen LogP contribution in [0.1, 0.15) is 16.1 Å². The van der Waals surface area contributed by atoms with Gasteiger partial charge in [-0.1, -0.05) is 23.5 Å². The fraction of sp³-hybridized carbons (Fsp3) is 0.118. The summed E-state index contributed by atoms with van der Waals surface area (Å²) >= 11 is 0.964. The summed E-state index contributed by atoms with van der Waals surface area (Å²) in [5.41, 5.74) is 0.810. The first kappa shape index (κ1) is 16.8. The molecular formula is C17H14FN3O3S. The molecule has 0 aliphatic heterocycles. The fourth-order valence-corrected chi connectivity index (χ4v) is 2.95. The number of aromatic hydroxyl groups is 1. The third-order valence-electron chi connectivity index (χ3n) is 3.42. The van der Waals surface area contributed by atoms with Crippen LogP contribution in [0.4, 0.5) is 4.39 Å². The van der Waals surface area contributed by atoms with Crippen molar-refractivity contribution in [2.24, 2.45) is 0 Å². The molecule has 8 heteroatoms. The highest BCUT2D eigenvalue weighted by atomic mass is 32.1. The molecule has 1 aromatic carbocycles. The van der Waals surface area contributed by atoms with Gasteiger partial charge in [-0.05, 0) is 29.8 Å². The van der Waals surface area contributed by atoms with E-state index in [0.717, 1.165) is 16.9 Å². The lowest BCUT2D eigenvalue weighted by atomic mass is 10.1. The highest BCUT2D eigenvalue weighted by Crippen LogP contribution is 2.21. The number of nitrogens with zero attached hydrogens (tertiary/aromatic N) is 1. The number of hydrogen-bond acceptors (Lipinski definition) is 6. The SMILES string of the molecule is N=C(COc1ccc(Cc2sc(=O)[nH]c2O)cc1)c1ncccc1F. The molecule has 2 aromatic heterocycles. The van der Waals surface area contributed by atoms with E-state index in [0.29, 0.717) is 17.0 Å². The van der Waals surface area contributed by atoms with Gasteiger partial charge in [0.05, 0.1) is 10.6 Å². The second kappa shape index (κ2) is 7.27. The molecule has 0 radical (unpaired) electrons. The van der Waals surface area contributed by atoms with Crippen molar-refractivity contribution in [3.8, 4) is 11.6 Å². The summed E-state index contributed by atoms with van der Waals surface area (Å²) in [6.45, 7) is -0.104. The Bertz CT molecular complexity index is 950. The molecular weight excluding hydrogens is 345 g/mol. The molecule has 0 atom stereocenters. The van der Waals surface area contributed by atoms with Gasteiger partial charge in [-0.15, -0.1) is 0 Å². The Morgan fingerprint density at radius 3 is 2.72 bits per heavy atom. The third kappa shape index (κ3) is 4.10. The molecule has 0 saturated heterocycles. The highest BCUT2D eigenvalue weighted by molar-refractivity contribution is 7.09. The largest absolute Gasteiger partial charge is 0.494 e. The number of ether oxygens (including phenoxy) is 1. The van der Waals surface area contributed by atoms with Gasteiger partial charge in [0.2, 0.25) is 5.88 Å². The van der Waals surface area contributed by atoms with Gasteiger partial charge in [-0.25, -0.2) is 4.39 Å². The van der Waals surface area contributed by atoms with Gasteiger partial charge in [-0.2, -0.15) is 0 Å². The van der Waals surface area contributed by atoms with Crippen molar-refractivity contribution in [3.05, 3.63) is 74.2 Å². The van der Waals surface area contributed by atoms with Crippen molar-refractivity contribution in [1.82, 2.24) is 9.97 Å². The van der Waals surface area contributed by atoms with Crippen LogP contribution < -0.4 is 9.61 Å². The van der Waals surface area contributed by atoms with Gasteiger partial charge in [0, 0.05) is 12.6 Å². The van der Waals surface area contributed by atoms with Crippen molar-refractivity contribution in [1.29, 1.82) is 5.41 Å². The number of nitrogens with one attached hydrogen (secondary N) is 2. The summed E-state index contributed by atoms with van der Waals surface area (Å²) in [6, 6.07) is 9.72. The summed E-state index contributed by atoms with van der Waals surface area (Å²) in [5, 5.41) is 17.4. The smallest absolute Gasteiger partial charge is 0.307 e. The van der Waals surface area contributed by atoms with E-state index in [-0.39, 0.29) is 28.8 Å². The first-order valence-electron chi connectivity index (χ1n) is 7.34. The second-order valence-electron chi connectivity index (χ2n) is 5.21. The topological polar surface area (TPSA) is 99.1 Å². The zero-order valence-corrected chi connectivity index (χ0v) is 13.8. The van der Waals surface area contributed by atoms with E-state index >= 15 is 0 Å². The molecule has 2 heterocycles. The van der Waals surface area contributed by atoms with Crippen LogP contribution in [-0.4, -0.2) is 27.4 Å². The average molecular weight is 359 g/mol. The third-order valence-corrected chi connectivity index (χ3v) is 4.29. The van der Waals surface area contributed by atoms with Crippen LogP contribution in [-0.2, 0) is 6.42 Å². The molecule has 0 spiro atoms. The monoisotopic (exact) mass is 359 g/mol. The molecule has 0 amide bonds. The van der Waals surface area contributed by atoms with E-state index in [4.69, 9.17) is 10.1 Å². The minimum absolute atomic E-state index is 0.0306. The Labute approximate surface area is 146 Å². The van der Waals surface area contributed by atoms with Crippen LogP contribution in [0.15, 0.2) is 47.4 Å². The molecule has 3 N–H and O–H groups in total. The molecule has 0 fully saturated rings. The van der Waals surface area contributed by atoms with Crippen molar-refractivity contribution in [2.75, 3.05) is 6.61 Å². The summed E-state index contributed by atoms with van der Waals surface area (Å²) in [4.78, 5) is 17.6. The van der Waals surface area contributed by atoms with E-state index in [9.17, 15) is 14.3 Å². The predicted molar refractivity (Wildman–Crippen MR) is 92.4 cm³/mol. The minimum atomic E-state index is -0.559. The number of halogens is 1. The van der Waals surface area contributed by atoms with Crippen molar-refractivity contribution >= 4 is 17.0 Å². The van der Waals surface area contributed by atoms with Crippen LogP contribution in [0.5, 0.6) is 11.6 Å². The van der Waals surface area contributed by atoms with Crippen LogP contribution in [0.2, 0.25) is 0 Å². The summed E-state index contributed by atoms with van der Waals surface area (Å²) in [5.74, 6) is -0.144. The Morgan fingerprint density at radius 2 is 2.08 bits per heavy atom. The molecule has 6 nitrogen and oxygen atoms in total. The van der Waals surface area contributed by atoms with Gasteiger partial charge < -0.3 is 9.84 Å². The van der Waals surface area contributed by atoms with Crippen molar-refractivity contribution < 1.29 is 14.2 Å². The standard InChI is InChI=1S/C17H14FN3O3S/c18-12-2-1-7-20-15(12)13(19)9-24-11-5-3-10(4-6-11)8-14-16(22)21-17(23)25-14/h1-7,19,22H,8-9H2,(H,21,23). The lowest BCUT2D eigenvalue weighted by Gasteiger charge is -2.08. The number of thiazole rings is 1.